The second-order valence-corrected chi connectivity index (χ2v) is 7.77. The fourth-order valence-corrected chi connectivity index (χ4v) is 3.69. The number of hydrogen-bond donors (Lipinski definition) is 1. The van der Waals surface area contributed by atoms with Crippen LogP contribution in [-0.4, -0.2) is 47.9 Å². The second-order valence-electron chi connectivity index (χ2n) is 7.77. The van der Waals surface area contributed by atoms with Crippen LogP contribution in [0.3, 0.4) is 0 Å². The van der Waals surface area contributed by atoms with Crippen LogP contribution in [0.2, 0.25) is 0 Å². The molecule has 1 saturated carbocycles. The normalized spacial score (nSPS) is 18.3. The number of methoxy groups -OCH3 is 1. The van der Waals surface area contributed by atoms with Gasteiger partial charge in [-0.1, -0.05) is 17.7 Å². The van der Waals surface area contributed by atoms with Crippen LogP contribution in [0.1, 0.15) is 35.2 Å². The number of hydrogen-bond acceptors (Lipinski definition) is 5. The summed E-state index contributed by atoms with van der Waals surface area (Å²) in [6.07, 6.45) is 1.52. The number of imide groups is 1. The van der Waals surface area contributed by atoms with E-state index in [1.165, 1.54) is 12.0 Å². The lowest BCUT2D eigenvalue weighted by Gasteiger charge is -2.21. The van der Waals surface area contributed by atoms with Crippen LogP contribution in [0.5, 0.6) is 0 Å². The number of carbonyl (C=O) groups is 4. The maximum absolute atomic E-state index is 13.1. The van der Waals surface area contributed by atoms with E-state index >= 15 is 0 Å². The number of ether oxygens (including phenoxy) is 1. The largest absolute Gasteiger partial charge is 0.465 e. The third-order valence-electron chi connectivity index (χ3n) is 5.45. The van der Waals surface area contributed by atoms with E-state index < -0.39 is 17.9 Å². The zero-order chi connectivity index (χ0) is 22.1. The summed E-state index contributed by atoms with van der Waals surface area (Å²) in [5.74, 6) is -1.24. The van der Waals surface area contributed by atoms with Gasteiger partial charge >= 0.3 is 12.0 Å². The SMILES string of the molecule is COC(=O)c1ccc(NC(=O)C[C@@H]2C(=O)N(c3ccc(C)cc3)C(=O)N2C2CC2)cc1. The van der Waals surface area contributed by atoms with Crippen molar-refractivity contribution in [1.29, 1.82) is 0 Å². The molecule has 1 N–H and O–H groups in total. The maximum Gasteiger partial charge on any atom is 0.337 e. The molecule has 2 aromatic carbocycles. The number of esters is 1. The number of nitrogens with one attached hydrogen (secondary N) is 1. The predicted octanol–water partition coefficient (Wildman–Crippen LogP) is 3.11. The van der Waals surface area contributed by atoms with Crippen molar-refractivity contribution >= 4 is 35.2 Å². The molecule has 4 amide bonds. The van der Waals surface area contributed by atoms with Gasteiger partial charge in [0.05, 0.1) is 24.8 Å². The maximum atomic E-state index is 13.1. The Morgan fingerprint density at radius 3 is 2.26 bits per heavy atom. The molecule has 0 aromatic heterocycles. The number of aryl methyl sites for hydroxylation is 1. The van der Waals surface area contributed by atoms with Crippen molar-refractivity contribution in [3.8, 4) is 0 Å². The second kappa shape index (κ2) is 8.22. The van der Waals surface area contributed by atoms with Crippen LogP contribution in [0.25, 0.3) is 0 Å². The summed E-state index contributed by atoms with van der Waals surface area (Å²) in [6.45, 7) is 1.93. The first kappa shape index (κ1) is 20.6. The monoisotopic (exact) mass is 421 g/mol. The molecule has 0 bridgehead atoms. The first-order valence-corrected chi connectivity index (χ1v) is 10.1. The molecular weight excluding hydrogens is 398 g/mol. The van der Waals surface area contributed by atoms with Crippen molar-refractivity contribution in [2.75, 3.05) is 17.3 Å². The van der Waals surface area contributed by atoms with Gasteiger partial charge in [-0.3, -0.25) is 9.59 Å². The lowest BCUT2D eigenvalue weighted by Crippen LogP contribution is -2.39. The van der Waals surface area contributed by atoms with E-state index in [0.29, 0.717) is 16.9 Å². The number of rotatable bonds is 6. The molecule has 1 aliphatic heterocycles. The van der Waals surface area contributed by atoms with E-state index in [-0.39, 0.29) is 24.4 Å². The molecular formula is C23H23N3O5. The Hall–Kier alpha value is -3.68. The fourth-order valence-electron chi connectivity index (χ4n) is 3.69. The molecule has 1 heterocycles. The minimum Gasteiger partial charge on any atom is -0.465 e. The van der Waals surface area contributed by atoms with Gasteiger partial charge in [-0.2, -0.15) is 0 Å². The van der Waals surface area contributed by atoms with Gasteiger partial charge in [0.1, 0.15) is 6.04 Å². The summed E-state index contributed by atoms with van der Waals surface area (Å²) in [7, 11) is 1.30. The minimum absolute atomic E-state index is 0.0101. The molecule has 0 unspecified atom stereocenters. The Kier molecular flexibility index (Phi) is 5.46. The van der Waals surface area contributed by atoms with Gasteiger partial charge < -0.3 is 15.0 Å². The number of anilines is 2. The third kappa shape index (κ3) is 4.14. The lowest BCUT2D eigenvalue weighted by atomic mass is 10.1. The fraction of sp³-hybridized carbons (Fsp3) is 0.304. The van der Waals surface area contributed by atoms with E-state index in [1.54, 1.807) is 41.3 Å². The Bertz CT molecular complexity index is 1030. The Morgan fingerprint density at radius 1 is 1.03 bits per heavy atom. The van der Waals surface area contributed by atoms with Crippen molar-refractivity contribution in [2.24, 2.45) is 0 Å². The van der Waals surface area contributed by atoms with Crippen LogP contribution in [0, 0.1) is 6.92 Å². The zero-order valence-electron chi connectivity index (χ0n) is 17.3. The van der Waals surface area contributed by atoms with Gasteiger partial charge in [-0.15, -0.1) is 0 Å². The summed E-state index contributed by atoms with van der Waals surface area (Å²) in [5.41, 5.74) is 2.39. The Labute approximate surface area is 179 Å². The first-order valence-electron chi connectivity index (χ1n) is 10.1. The van der Waals surface area contributed by atoms with Crippen LogP contribution < -0.4 is 10.2 Å². The van der Waals surface area contributed by atoms with E-state index in [2.05, 4.69) is 10.1 Å². The number of nitrogens with zero attached hydrogens (tertiary/aromatic N) is 2. The zero-order valence-corrected chi connectivity index (χ0v) is 17.3. The summed E-state index contributed by atoms with van der Waals surface area (Å²) in [5, 5.41) is 2.73. The van der Waals surface area contributed by atoms with E-state index in [9.17, 15) is 19.2 Å². The minimum atomic E-state index is -0.837. The highest BCUT2D eigenvalue weighted by Crippen LogP contribution is 2.36. The molecule has 0 spiro atoms. The predicted molar refractivity (Wildman–Crippen MR) is 114 cm³/mol. The molecule has 8 heteroatoms. The highest BCUT2D eigenvalue weighted by Gasteiger charge is 2.51. The standard InChI is InChI=1S/C23H23N3O5/c1-14-3-9-18(10-4-14)26-21(28)19(25(23(26)30)17-11-12-17)13-20(27)24-16-7-5-15(6-8-16)22(29)31-2/h3-10,17,19H,11-13H2,1-2H3,(H,24,27)/t19-/m1/s1. The van der Waals surface area contributed by atoms with Gasteiger partial charge in [0.25, 0.3) is 5.91 Å². The summed E-state index contributed by atoms with van der Waals surface area (Å²) >= 11 is 0. The molecule has 0 radical (unpaired) electrons. The molecule has 1 saturated heterocycles. The molecule has 1 aliphatic carbocycles. The van der Waals surface area contributed by atoms with Crippen molar-refractivity contribution in [3.05, 3.63) is 59.7 Å². The van der Waals surface area contributed by atoms with Gasteiger partial charge in [-0.05, 0) is 56.2 Å². The molecule has 160 valence electrons. The molecule has 31 heavy (non-hydrogen) atoms. The van der Waals surface area contributed by atoms with Crippen LogP contribution in [0.15, 0.2) is 48.5 Å². The average molecular weight is 421 g/mol. The summed E-state index contributed by atoms with van der Waals surface area (Å²) < 4.78 is 4.66. The summed E-state index contributed by atoms with van der Waals surface area (Å²) in [6, 6.07) is 12.2. The first-order chi connectivity index (χ1) is 14.9. The molecule has 8 nitrogen and oxygen atoms in total. The van der Waals surface area contributed by atoms with Crippen molar-refractivity contribution in [3.63, 3.8) is 0 Å². The molecule has 4 rings (SSSR count). The number of carbonyl (C=O) groups excluding carboxylic acids is 4. The number of amides is 4. The quantitative estimate of drug-likeness (QED) is 0.571. The van der Waals surface area contributed by atoms with Gasteiger partial charge in [0, 0.05) is 11.7 Å². The van der Waals surface area contributed by atoms with Gasteiger partial charge in [-0.25, -0.2) is 14.5 Å². The topological polar surface area (TPSA) is 96.0 Å². The Balaban J connectivity index is 1.49. The molecule has 2 aliphatic rings. The smallest absolute Gasteiger partial charge is 0.337 e. The van der Waals surface area contributed by atoms with E-state index in [0.717, 1.165) is 18.4 Å². The third-order valence-corrected chi connectivity index (χ3v) is 5.45. The average Bonchev–Trinajstić information content (AvgIpc) is 3.56. The molecule has 2 fully saturated rings. The number of urea groups is 1. The lowest BCUT2D eigenvalue weighted by molar-refractivity contribution is -0.124. The van der Waals surface area contributed by atoms with E-state index in [1.807, 2.05) is 19.1 Å². The van der Waals surface area contributed by atoms with Crippen molar-refractivity contribution in [2.45, 2.75) is 38.3 Å². The molecule has 1 atom stereocenters. The highest BCUT2D eigenvalue weighted by molar-refractivity contribution is 6.22. The van der Waals surface area contributed by atoms with E-state index in [4.69, 9.17) is 0 Å². The Morgan fingerprint density at radius 2 is 1.68 bits per heavy atom. The summed E-state index contributed by atoms with van der Waals surface area (Å²) in [4.78, 5) is 53.0. The van der Waals surface area contributed by atoms with Gasteiger partial charge in [0.15, 0.2) is 0 Å². The van der Waals surface area contributed by atoms with Crippen LogP contribution in [0.4, 0.5) is 16.2 Å². The molecule has 2 aromatic rings. The van der Waals surface area contributed by atoms with Crippen LogP contribution >= 0.6 is 0 Å². The van der Waals surface area contributed by atoms with Crippen LogP contribution in [-0.2, 0) is 14.3 Å². The van der Waals surface area contributed by atoms with Crippen molar-refractivity contribution in [1.82, 2.24) is 4.90 Å². The van der Waals surface area contributed by atoms with Crippen molar-refractivity contribution < 1.29 is 23.9 Å². The van der Waals surface area contributed by atoms with Gasteiger partial charge in [0.2, 0.25) is 5.91 Å². The highest BCUT2D eigenvalue weighted by atomic mass is 16.5. The number of benzene rings is 2.